The SMILES string of the molecule is O=Cc1ccccc1[Si]. The summed E-state index contributed by atoms with van der Waals surface area (Å²) in [6.45, 7) is 0. The van der Waals surface area contributed by atoms with E-state index in [2.05, 4.69) is 10.2 Å². The summed E-state index contributed by atoms with van der Waals surface area (Å²) in [5, 5.41) is 0.840. The minimum Gasteiger partial charge on any atom is -0.298 e. The van der Waals surface area contributed by atoms with Gasteiger partial charge in [-0.2, -0.15) is 0 Å². The second kappa shape index (κ2) is 2.59. The molecule has 1 aromatic rings. The summed E-state index contributed by atoms with van der Waals surface area (Å²) in [4.78, 5) is 10.2. The fourth-order valence-electron chi connectivity index (χ4n) is 0.600. The van der Waals surface area contributed by atoms with Crippen LogP contribution in [0.15, 0.2) is 24.3 Å². The van der Waals surface area contributed by atoms with Crippen LogP contribution in [-0.4, -0.2) is 16.5 Å². The molecule has 1 aromatic carbocycles. The predicted molar refractivity (Wildman–Crippen MR) is 37.2 cm³/mol. The van der Waals surface area contributed by atoms with Crippen LogP contribution in [0, 0.1) is 0 Å². The molecule has 0 heterocycles. The average molecular weight is 133 g/mol. The van der Waals surface area contributed by atoms with E-state index in [0.29, 0.717) is 5.56 Å². The Morgan fingerprint density at radius 1 is 1.33 bits per heavy atom. The summed E-state index contributed by atoms with van der Waals surface area (Å²) in [5.41, 5.74) is 0.689. The molecule has 0 saturated carbocycles. The van der Waals surface area contributed by atoms with Crippen LogP contribution in [0.4, 0.5) is 0 Å². The van der Waals surface area contributed by atoms with Gasteiger partial charge in [-0.15, -0.1) is 0 Å². The lowest BCUT2D eigenvalue weighted by Crippen LogP contribution is -2.07. The van der Waals surface area contributed by atoms with Crippen LogP contribution in [0.2, 0.25) is 0 Å². The zero-order chi connectivity index (χ0) is 6.69. The van der Waals surface area contributed by atoms with Crippen molar-refractivity contribution in [3.63, 3.8) is 0 Å². The van der Waals surface area contributed by atoms with E-state index >= 15 is 0 Å². The van der Waals surface area contributed by atoms with Crippen molar-refractivity contribution in [2.45, 2.75) is 0 Å². The summed E-state index contributed by atoms with van der Waals surface area (Å²) < 4.78 is 0. The lowest BCUT2D eigenvalue weighted by atomic mass is 10.2. The molecule has 43 valence electrons. The summed E-state index contributed by atoms with van der Waals surface area (Å²) in [7, 11) is 3.27. The Balaban J connectivity index is 3.15. The standard InChI is InChI=1S/C7H5OSi/c8-5-6-3-1-2-4-7(6)9/h1-5H. The molecule has 0 unspecified atom stereocenters. The molecule has 0 amide bonds. The van der Waals surface area contributed by atoms with Crippen molar-refractivity contribution in [3.05, 3.63) is 29.8 Å². The van der Waals surface area contributed by atoms with E-state index in [0.717, 1.165) is 11.5 Å². The molecule has 0 atom stereocenters. The minimum atomic E-state index is 0.689. The molecule has 1 nitrogen and oxygen atoms in total. The van der Waals surface area contributed by atoms with Crippen molar-refractivity contribution in [1.82, 2.24) is 0 Å². The third kappa shape index (κ3) is 1.26. The second-order valence-corrected chi connectivity index (χ2v) is 2.24. The number of carbonyl (C=O) groups excluding carboxylic acids is 1. The van der Waals surface area contributed by atoms with Gasteiger partial charge in [-0.05, 0) is 0 Å². The van der Waals surface area contributed by atoms with Gasteiger partial charge in [-0.25, -0.2) is 0 Å². The highest BCUT2D eigenvalue weighted by atomic mass is 28.1. The van der Waals surface area contributed by atoms with E-state index in [1.54, 1.807) is 6.07 Å². The highest BCUT2D eigenvalue weighted by molar-refractivity contribution is 6.35. The van der Waals surface area contributed by atoms with E-state index in [1.807, 2.05) is 18.2 Å². The van der Waals surface area contributed by atoms with Crippen molar-refractivity contribution >= 4 is 21.7 Å². The largest absolute Gasteiger partial charge is 0.298 e. The van der Waals surface area contributed by atoms with E-state index in [-0.39, 0.29) is 0 Å². The number of carbonyl (C=O) groups is 1. The molecule has 0 aliphatic heterocycles. The third-order valence-electron chi connectivity index (χ3n) is 1.09. The number of rotatable bonds is 1. The van der Waals surface area contributed by atoms with Gasteiger partial charge in [0.2, 0.25) is 0 Å². The van der Waals surface area contributed by atoms with Gasteiger partial charge in [0.15, 0.2) is 0 Å². The van der Waals surface area contributed by atoms with Crippen molar-refractivity contribution in [2.75, 3.05) is 0 Å². The molecule has 0 aromatic heterocycles. The molecule has 0 aliphatic carbocycles. The Morgan fingerprint density at radius 2 is 2.00 bits per heavy atom. The Bertz CT molecular complexity index is 220. The van der Waals surface area contributed by atoms with E-state index in [4.69, 9.17) is 0 Å². The van der Waals surface area contributed by atoms with Gasteiger partial charge in [-0.3, -0.25) is 4.79 Å². The molecular formula is C7H5OSi. The Labute approximate surface area is 57.1 Å². The van der Waals surface area contributed by atoms with Gasteiger partial charge >= 0.3 is 0 Å². The molecule has 1 rings (SSSR count). The lowest BCUT2D eigenvalue weighted by Gasteiger charge is -1.92. The van der Waals surface area contributed by atoms with Crippen LogP contribution in [0.1, 0.15) is 10.4 Å². The van der Waals surface area contributed by atoms with Crippen LogP contribution in [-0.2, 0) is 0 Å². The average Bonchev–Trinajstić information content (AvgIpc) is 1.89. The molecule has 0 bridgehead atoms. The van der Waals surface area contributed by atoms with E-state index in [1.165, 1.54) is 0 Å². The quantitative estimate of drug-likeness (QED) is 0.397. The lowest BCUT2D eigenvalue weighted by molar-refractivity contribution is 0.112. The Morgan fingerprint density at radius 3 is 2.44 bits per heavy atom. The van der Waals surface area contributed by atoms with Crippen LogP contribution in [0.3, 0.4) is 0 Å². The third-order valence-corrected chi connectivity index (χ3v) is 1.54. The monoisotopic (exact) mass is 133 g/mol. The summed E-state index contributed by atoms with van der Waals surface area (Å²) >= 11 is 0. The number of hydrogen-bond donors (Lipinski definition) is 0. The van der Waals surface area contributed by atoms with Gasteiger partial charge in [0.1, 0.15) is 6.29 Å². The highest BCUT2D eigenvalue weighted by Crippen LogP contribution is 1.87. The number of benzene rings is 1. The van der Waals surface area contributed by atoms with Crippen molar-refractivity contribution < 1.29 is 4.79 Å². The molecular weight excluding hydrogens is 128 g/mol. The molecule has 3 radical (unpaired) electrons. The summed E-state index contributed by atoms with van der Waals surface area (Å²) in [6.07, 6.45) is 0.822. The maximum absolute atomic E-state index is 10.2. The Kier molecular flexibility index (Phi) is 1.80. The van der Waals surface area contributed by atoms with Crippen LogP contribution < -0.4 is 5.19 Å². The van der Waals surface area contributed by atoms with Crippen LogP contribution >= 0.6 is 0 Å². The fourth-order valence-corrected chi connectivity index (χ4v) is 0.838. The molecule has 0 N–H and O–H groups in total. The van der Waals surface area contributed by atoms with Crippen LogP contribution in [0.25, 0.3) is 0 Å². The smallest absolute Gasteiger partial charge is 0.149 e. The first kappa shape index (κ1) is 6.23. The maximum atomic E-state index is 10.2. The van der Waals surface area contributed by atoms with Gasteiger partial charge in [0.05, 0.1) is 10.2 Å². The van der Waals surface area contributed by atoms with Gasteiger partial charge in [0.25, 0.3) is 0 Å². The van der Waals surface area contributed by atoms with Gasteiger partial charge < -0.3 is 0 Å². The second-order valence-electron chi connectivity index (χ2n) is 1.71. The molecule has 0 spiro atoms. The van der Waals surface area contributed by atoms with Gasteiger partial charge in [-0.1, -0.05) is 29.5 Å². The van der Waals surface area contributed by atoms with Crippen LogP contribution in [0.5, 0.6) is 0 Å². The van der Waals surface area contributed by atoms with E-state index < -0.39 is 0 Å². The van der Waals surface area contributed by atoms with Crippen molar-refractivity contribution in [3.8, 4) is 0 Å². The normalized spacial score (nSPS) is 9.00. The first-order valence-electron chi connectivity index (χ1n) is 2.60. The van der Waals surface area contributed by atoms with Gasteiger partial charge in [0, 0.05) is 5.56 Å². The first-order chi connectivity index (χ1) is 4.34. The van der Waals surface area contributed by atoms with Crippen molar-refractivity contribution in [1.29, 1.82) is 0 Å². The topological polar surface area (TPSA) is 17.1 Å². The maximum Gasteiger partial charge on any atom is 0.149 e. The number of hydrogen-bond acceptors (Lipinski definition) is 1. The zero-order valence-corrected chi connectivity index (χ0v) is 5.79. The molecule has 0 saturated heterocycles. The van der Waals surface area contributed by atoms with E-state index in [9.17, 15) is 4.79 Å². The molecule has 2 heteroatoms. The van der Waals surface area contributed by atoms with Crippen molar-refractivity contribution in [2.24, 2.45) is 0 Å². The molecule has 0 fully saturated rings. The first-order valence-corrected chi connectivity index (χ1v) is 3.10. The highest BCUT2D eigenvalue weighted by Gasteiger charge is 1.90. The molecule has 9 heavy (non-hydrogen) atoms. The fraction of sp³-hybridized carbons (Fsp3) is 0. The predicted octanol–water partition coefficient (Wildman–Crippen LogP) is 0.293. The minimum absolute atomic E-state index is 0.689. The Hall–Kier alpha value is -0.893. The summed E-state index contributed by atoms with van der Waals surface area (Å²) in [6, 6.07) is 7.29. The molecule has 0 aliphatic rings. The zero-order valence-electron chi connectivity index (χ0n) is 4.79. The number of aldehydes is 1. The summed E-state index contributed by atoms with van der Waals surface area (Å²) in [5.74, 6) is 0.